The van der Waals surface area contributed by atoms with Gasteiger partial charge in [-0.3, -0.25) is 14.4 Å². The highest BCUT2D eigenvalue weighted by Crippen LogP contribution is 2.23. The maximum atomic E-state index is 13.2. The Balaban J connectivity index is 1.79. The Kier molecular flexibility index (Phi) is 5.48. The van der Waals surface area contributed by atoms with Crippen molar-refractivity contribution >= 4 is 5.91 Å². The first-order valence-corrected chi connectivity index (χ1v) is 8.74. The Bertz CT molecular complexity index is 712. The zero-order valence-corrected chi connectivity index (χ0v) is 14.8. The number of piperidine rings is 1. The number of likely N-dealkylation sites (tertiary alicyclic amines) is 1. The summed E-state index contributed by atoms with van der Waals surface area (Å²) in [5, 5.41) is 7.36. The summed E-state index contributed by atoms with van der Waals surface area (Å²) >= 11 is 0. The zero-order valence-electron chi connectivity index (χ0n) is 14.8. The second-order valence-corrected chi connectivity index (χ2v) is 6.84. The molecular formula is C19H25FN4O. The SMILES string of the molecule is CC(=O)N[C@H]1CCCN(Cc2cnn(C)c2)[C@H]1Cc1ccc(F)cc1. The topological polar surface area (TPSA) is 50.2 Å². The molecule has 3 rings (SSSR count). The van der Waals surface area contributed by atoms with Crippen molar-refractivity contribution < 1.29 is 9.18 Å². The third-order valence-corrected chi connectivity index (χ3v) is 4.78. The van der Waals surface area contributed by atoms with Crippen molar-refractivity contribution in [2.45, 2.75) is 44.8 Å². The molecule has 1 amide bonds. The lowest BCUT2D eigenvalue weighted by Gasteiger charge is -2.41. The Hall–Kier alpha value is -2.21. The summed E-state index contributed by atoms with van der Waals surface area (Å²) in [6.07, 6.45) is 6.71. The molecule has 2 heterocycles. The van der Waals surface area contributed by atoms with E-state index in [4.69, 9.17) is 0 Å². The van der Waals surface area contributed by atoms with Crippen LogP contribution in [0.2, 0.25) is 0 Å². The Morgan fingerprint density at radius 1 is 1.32 bits per heavy atom. The van der Waals surface area contributed by atoms with Crippen LogP contribution in [0.5, 0.6) is 0 Å². The van der Waals surface area contributed by atoms with Crippen LogP contribution < -0.4 is 5.32 Å². The molecule has 1 fully saturated rings. The number of amides is 1. The number of nitrogens with zero attached hydrogens (tertiary/aromatic N) is 3. The molecule has 1 aliphatic rings. The Morgan fingerprint density at radius 3 is 2.72 bits per heavy atom. The van der Waals surface area contributed by atoms with Crippen LogP contribution in [0.25, 0.3) is 0 Å². The molecule has 0 radical (unpaired) electrons. The minimum absolute atomic E-state index is 0.00247. The van der Waals surface area contributed by atoms with Gasteiger partial charge in [-0.05, 0) is 43.5 Å². The van der Waals surface area contributed by atoms with Crippen molar-refractivity contribution in [2.24, 2.45) is 7.05 Å². The predicted octanol–water partition coefficient (Wildman–Crippen LogP) is 2.27. The van der Waals surface area contributed by atoms with E-state index in [2.05, 4.69) is 15.3 Å². The van der Waals surface area contributed by atoms with Crippen molar-refractivity contribution in [3.63, 3.8) is 0 Å². The predicted molar refractivity (Wildman–Crippen MR) is 94.3 cm³/mol. The molecular weight excluding hydrogens is 319 g/mol. The zero-order chi connectivity index (χ0) is 17.8. The molecule has 1 aromatic heterocycles. The number of rotatable bonds is 5. The van der Waals surface area contributed by atoms with Crippen LogP contribution in [0.3, 0.4) is 0 Å². The molecule has 2 atom stereocenters. The summed E-state index contributed by atoms with van der Waals surface area (Å²) in [7, 11) is 1.91. The van der Waals surface area contributed by atoms with Gasteiger partial charge in [-0.25, -0.2) is 4.39 Å². The normalized spacial score (nSPS) is 21.2. The number of aromatic nitrogens is 2. The minimum atomic E-state index is -0.224. The second-order valence-electron chi connectivity index (χ2n) is 6.84. The standard InChI is InChI=1S/C19H25FN4O/c1-14(25)22-18-4-3-9-24(13-16-11-21-23(2)12-16)19(18)10-15-5-7-17(20)8-6-15/h5-8,11-12,18-19H,3-4,9-10,13H2,1-2H3,(H,22,25)/t18-,19-/m0/s1. The van der Waals surface area contributed by atoms with E-state index >= 15 is 0 Å². The molecule has 6 heteroatoms. The molecule has 0 unspecified atom stereocenters. The van der Waals surface area contributed by atoms with E-state index in [-0.39, 0.29) is 23.8 Å². The van der Waals surface area contributed by atoms with E-state index in [0.717, 1.165) is 43.5 Å². The summed E-state index contributed by atoms with van der Waals surface area (Å²) in [6.45, 7) is 3.35. The molecule has 1 aromatic carbocycles. The molecule has 1 N–H and O–H groups in total. The van der Waals surface area contributed by atoms with Gasteiger partial charge >= 0.3 is 0 Å². The van der Waals surface area contributed by atoms with Gasteiger partial charge in [0, 0.05) is 44.4 Å². The van der Waals surface area contributed by atoms with Gasteiger partial charge in [0.15, 0.2) is 0 Å². The van der Waals surface area contributed by atoms with Gasteiger partial charge in [0.25, 0.3) is 0 Å². The molecule has 0 bridgehead atoms. The summed E-state index contributed by atoms with van der Waals surface area (Å²) in [5.41, 5.74) is 2.25. The van der Waals surface area contributed by atoms with Crippen LogP contribution in [0.4, 0.5) is 4.39 Å². The highest BCUT2D eigenvalue weighted by Gasteiger charge is 2.32. The van der Waals surface area contributed by atoms with Gasteiger partial charge in [-0.2, -0.15) is 5.10 Å². The monoisotopic (exact) mass is 344 g/mol. The average molecular weight is 344 g/mol. The molecule has 134 valence electrons. The summed E-state index contributed by atoms with van der Waals surface area (Å²) in [5.74, 6) is -0.227. The molecule has 0 saturated carbocycles. The van der Waals surface area contributed by atoms with Crippen LogP contribution in [0.15, 0.2) is 36.7 Å². The number of aryl methyl sites for hydroxylation is 1. The Labute approximate surface area is 147 Å². The molecule has 0 spiro atoms. The highest BCUT2D eigenvalue weighted by molar-refractivity contribution is 5.73. The van der Waals surface area contributed by atoms with Gasteiger partial charge in [-0.15, -0.1) is 0 Å². The van der Waals surface area contributed by atoms with Crippen LogP contribution >= 0.6 is 0 Å². The third kappa shape index (κ3) is 4.66. The lowest BCUT2D eigenvalue weighted by molar-refractivity contribution is -0.120. The average Bonchev–Trinajstić information content (AvgIpc) is 2.97. The number of halogens is 1. The van der Waals surface area contributed by atoms with E-state index in [1.54, 1.807) is 11.6 Å². The second kappa shape index (κ2) is 7.78. The van der Waals surface area contributed by atoms with Crippen molar-refractivity contribution in [3.8, 4) is 0 Å². The van der Waals surface area contributed by atoms with Crippen LogP contribution in [-0.4, -0.2) is 39.2 Å². The number of benzene rings is 1. The Morgan fingerprint density at radius 2 is 2.08 bits per heavy atom. The third-order valence-electron chi connectivity index (χ3n) is 4.78. The number of carbonyl (C=O) groups excluding carboxylic acids is 1. The molecule has 1 aliphatic heterocycles. The summed E-state index contributed by atoms with van der Waals surface area (Å²) < 4.78 is 15.0. The van der Waals surface area contributed by atoms with Crippen LogP contribution in [-0.2, 0) is 24.8 Å². The fourth-order valence-corrected chi connectivity index (χ4v) is 3.67. The van der Waals surface area contributed by atoms with Crippen molar-refractivity contribution in [1.82, 2.24) is 20.0 Å². The first-order valence-electron chi connectivity index (χ1n) is 8.74. The molecule has 5 nitrogen and oxygen atoms in total. The maximum Gasteiger partial charge on any atom is 0.217 e. The quantitative estimate of drug-likeness (QED) is 0.905. The van der Waals surface area contributed by atoms with Gasteiger partial charge in [0.05, 0.1) is 6.20 Å². The first-order chi connectivity index (χ1) is 12.0. The molecule has 0 aliphatic carbocycles. The van der Waals surface area contributed by atoms with Crippen LogP contribution in [0.1, 0.15) is 30.9 Å². The van der Waals surface area contributed by atoms with E-state index in [9.17, 15) is 9.18 Å². The summed E-state index contributed by atoms with van der Waals surface area (Å²) in [6, 6.07) is 6.94. The van der Waals surface area contributed by atoms with E-state index < -0.39 is 0 Å². The minimum Gasteiger partial charge on any atom is -0.352 e. The number of hydrogen-bond donors (Lipinski definition) is 1. The molecule has 1 saturated heterocycles. The lowest BCUT2D eigenvalue weighted by atomic mass is 9.90. The number of carbonyl (C=O) groups is 1. The fraction of sp³-hybridized carbons (Fsp3) is 0.474. The van der Waals surface area contributed by atoms with Crippen molar-refractivity contribution in [3.05, 3.63) is 53.6 Å². The fourth-order valence-electron chi connectivity index (χ4n) is 3.67. The lowest BCUT2D eigenvalue weighted by Crippen LogP contribution is -2.55. The van der Waals surface area contributed by atoms with E-state index in [1.807, 2.05) is 31.6 Å². The highest BCUT2D eigenvalue weighted by atomic mass is 19.1. The molecule has 25 heavy (non-hydrogen) atoms. The largest absolute Gasteiger partial charge is 0.352 e. The number of nitrogens with one attached hydrogen (secondary N) is 1. The van der Waals surface area contributed by atoms with Gasteiger partial charge in [0.2, 0.25) is 5.91 Å². The van der Waals surface area contributed by atoms with Crippen LogP contribution in [0, 0.1) is 5.82 Å². The van der Waals surface area contributed by atoms with Gasteiger partial charge < -0.3 is 5.32 Å². The first kappa shape index (κ1) is 17.6. The maximum absolute atomic E-state index is 13.2. The van der Waals surface area contributed by atoms with Gasteiger partial charge in [0.1, 0.15) is 5.82 Å². The van der Waals surface area contributed by atoms with Gasteiger partial charge in [-0.1, -0.05) is 12.1 Å². The van der Waals surface area contributed by atoms with Crippen molar-refractivity contribution in [2.75, 3.05) is 6.54 Å². The number of hydrogen-bond acceptors (Lipinski definition) is 3. The van der Waals surface area contributed by atoms with E-state index in [0.29, 0.717) is 0 Å². The smallest absolute Gasteiger partial charge is 0.217 e. The van der Waals surface area contributed by atoms with Crippen molar-refractivity contribution in [1.29, 1.82) is 0 Å². The summed E-state index contributed by atoms with van der Waals surface area (Å²) in [4.78, 5) is 14.0. The van der Waals surface area contributed by atoms with E-state index in [1.165, 1.54) is 12.1 Å². The molecule has 2 aromatic rings.